The van der Waals surface area contributed by atoms with Crippen LogP contribution in [0, 0.1) is 11.3 Å². The number of morpholine rings is 1. The van der Waals surface area contributed by atoms with Gasteiger partial charge in [0.25, 0.3) is 0 Å². The largest absolute Gasteiger partial charge is 0.379 e. The van der Waals surface area contributed by atoms with Crippen LogP contribution in [0.1, 0.15) is 11.3 Å². The molecule has 0 aliphatic carbocycles. The summed E-state index contributed by atoms with van der Waals surface area (Å²) < 4.78 is 7.72. The Morgan fingerprint density at radius 1 is 0.903 bits per heavy atom. The molecule has 0 amide bonds. The molecule has 0 unspecified atom stereocenters. The Morgan fingerprint density at radius 3 is 2.29 bits per heavy atom. The molecule has 154 valence electrons. The van der Waals surface area contributed by atoms with Crippen molar-refractivity contribution in [3.63, 3.8) is 0 Å². The van der Waals surface area contributed by atoms with Gasteiger partial charge in [0.15, 0.2) is 0 Å². The van der Waals surface area contributed by atoms with Gasteiger partial charge in [0.1, 0.15) is 5.65 Å². The molecule has 1 aliphatic rings. The van der Waals surface area contributed by atoms with Crippen molar-refractivity contribution in [2.24, 2.45) is 0 Å². The number of aromatic nitrogens is 2. The first kappa shape index (κ1) is 19.8. The van der Waals surface area contributed by atoms with Crippen LogP contribution in [-0.4, -0.2) is 40.6 Å². The van der Waals surface area contributed by atoms with Crippen LogP contribution in [0.3, 0.4) is 0 Å². The van der Waals surface area contributed by atoms with Crippen molar-refractivity contribution < 1.29 is 4.74 Å². The third kappa shape index (κ3) is 4.06. The Bertz CT molecular complexity index is 1250. The van der Waals surface area contributed by atoms with Gasteiger partial charge < -0.3 is 9.14 Å². The minimum atomic E-state index is 0.658. The van der Waals surface area contributed by atoms with Gasteiger partial charge in [0.2, 0.25) is 0 Å². The topological polar surface area (TPSA) is 53.6 Å². The quantitative estimate of drug-likeness (QED) is 0.457. The fourth-order valence-electron chi connectivity index (χ4n) is 3.96. The lowest BCUT2D eigenvalue weighted by Crippen LogP contribution is -2.36. The maximum atomic E-state index is 9.08. The summed E-state index contributed by atoms with van der Waals surface area (Å²) in [5, 5.41) is 9.79. The first-order chi connectivity index (χ1) is 15.2. The van der Waals surface area contributed by atoms with E-state index in [1.165, 1.54) is 0 Å². The number of hydrogen-bond donors (Lipinski definition) is 0. The fourth-order valence-corrected chi connectivity index (χ4v) is 4.09. The number of imidazole rings is 1. The van der Waals surface area contributed by atoms with E-state index in [2.05, 4.69) is 33.7 Å². The molecule has 1 fully saturated rings. The number of fused-ring (bicyclic) bond motifs is 1. The first-order valence-electron chi connectivity index (χ1n) is 10.3. The molecule has 6 heteroatoms. The third-order valence-corrected chi connectivity index (χ3v) is 5.91. The summed E-state index contributed by atoms with van der Waals surface area (Å²) in [7, 11) is 0. The van der Waals surface area contributed by atoms with Gasteiger partial charge >= 0.3 is 0 Å². The highest BCUT2D eigenvalue weighted by atomic mass is 35.5. The zero-order chi connectivity index (χ0) is 21.2. The Morgan fingerprint density at radius 2 is 1.58 bits per heavy atom. The van der Waals surface area contributed by atoms with Crippen LogP contribution in [-0.2, 0) is 11.3 Å². The van der Waals surface area contributed by atoms with Crippen molar-refractivity contribution in [3.8, 4) is 28.5 Å². The van der Waals surface area contributed by atoms with Gasteiger partial charge in [-0.1, -0.05) is 35.9 Å². The van der Waals surface area contributed by atoms with Crippen molar-refractivity contribution in [2.75, 3.05) is 26.3 Å². The molecule has 0 atom stereocenters. The molecule has 3 heterocycles. The van der Waals surface area contributed by atoms with Gasteiger partial charge in [0, 0.05) is 36.4 Å². The molecule has 0 spiro atoms. The number of benzene rings is 2. The minimum Gasteiger partial charge on any atom is -0.379 e. The summed E-state index contributed by atoms with van der Waals surface area (Å²) in [4.78, 5) is 7.36. The smallest absolute Gasteiger partial charge is 0.137 e. The van der Waals surface area contributed by atoms with Crippen molar-refractivity contribution in [1.29, 1.82) is 5.26 Å². The van der Waals surface area contributed by atoms with Crippen LogP contribution in [0.2, 0.25) is 5.02 Å². The highest BCUT2D eigenvalue weighted by Crippen LogP contribution is 2.29. The van der Waals surface area contributed by atoms with Gasteiger partial charge in [-0.15, -0.1) is 0 Å². The molecule has 5 nitrogen and oxygen atoms in total. The average Bonchev–Trinajstić information content (AvgIpc) is 3.18. The Kier molecular flexibility index (Phi) is 5.44. The summed E-state index contributed by atoms with van der Waals surface area (Å²) in [6.07, 6.45) is 2.14. The predicted molar refractivity (Wildman–Crippen MR) is 122 cm³/mol. The molecule has 31 heavy (non-hydrogen) atoms. The molecule has 2 aromatic heterocycles. The Hall–Kier alpha value is -3.17. The standard InChI is InChI=1S/C25H21ClN4O/c26-22-8-5-20(6-9-22)25-23(17-29-11-13-31-14-12-29)30-16-21(7-10-24(30)28-25)19-3-1-18(15-27)2-4-19/h1-10,16H,11-14,17H2. The zero-order valence-corrected chi connectivity index (χ0v) is 17.7. The lowest BCUT2D eigenvalue weighted by atomic mass is 10.1. The Balaban J connectivity index is 1.62. The second-order valence-electron chi connectivity index (χ2n) is 7.64. The number of halogens is 1. The van der Waals surface area contributed by atoms with Crippen LogP contribution in [0.25, 0.3) is 28.0 Å². The summed E-state index contributed by atoms with van der Waals surface area (Å²) >= 11 is 6.12. The van der Waals surface area contributed by atoms with Crippen molar-refractivity contribution in [2.45, 2.75) is 6.54 Å². The van der Waals surface area contributed by atoms with E-state index in [0.717, 1.165) is 66.6 Å². The average molecular weight is 429 g/mol. The molecule has 0 N–H and O–H groups in total. The highest BCUT2D eigenvalue weighted by molar-refractivity contribution is 6.30. The van der Waals surface area contributed by atoms with E-state index in [-0.39, 0.29) is 0 Å². The molecule has 2 aromatic carbocycles. The molecule has 1 saturated heterocycles. The van der Waals surface area contributed by atoms with Gasteiger partial charge in [-0.2, -0.15) is 5.26 Å². The number of hydrogen-bond acceptors (Lipinski definition) is 4. The van der Waals surface area contributed by atoms with E-state index in [9.17, 15) is 0 Å². The van der Waals surface area contributed by atoms with E-state index in [1.807, 2.05) is 48.5 Å². The van der Waals surface area contributed by atoms with E-state index in [4.69, 9.17) is 26.6 Å². The monoisotopic (exact) mass is 428 g/mol. The second-order valence-corrected chi connectivity index (χ2v) is 8.07. The first-order valence-corrected chi connectivity index (χ1v) is 10.7. The van der Waals surface area contributed by atoms with Crippen LogP contribution in [0.15, 0.2) is 66.9 Å². The summed E-state index contributed by atoms with van der Waals surface area (Å²) in [6.45, 7) is 4.11. The normalized spacial score (nSPS) is 14.6. The van der Waals surface area contributed by atoms with Crippen LogP contribution >= 0.6 is 11.6 Å². The minimum absolute atomic E-state index is 0.658. The molecule has 5 rings (SSSR count). The van der Waals surface area contributed by atoms with Gasteiger partial charge in [-0.25, -0.2) is 4.98 Å². The third-order valence-electron chi connectivity index (χ3n) is 5.66. The van der Waals surface area contributed by atoms with Gasteiger partial charge in [-0.05, 0) is 47.5 Å². The molecule has 0 bridgehead atoms. The molecular weight excluding hydrogens is 408 g/mol. The summed E-state index contributed by atoms with van der Waals surface area (Å²) in [5.41, 5.74) is 6.89. The number of nitrogens with zero attached hydrogens (tertiary/aromatic N) is 4. The predicted octanol–water partition coefficient (Wildman–Crippen LogP) is 5.03. The second kappa shape index (κ2) is 8.52. The highest BCUT2D eigenvalue weighted by Gasteiger charge is 2.19. The zero-order valence-electron chi connectivity index (χ0n) is 17.0. The number of pyridine rings is 1. The SMILES string of the molecule is N#Cc1ccc(-c2ccc3nc(-c4ccc(Cl)cc4)c(CN4CCOCC4)n3c2)cc1. The lowest BCUT2D eigenvalue weighted by Gasteiger charge is -2.26. The molecule has 4 aromatic rings. The molecule has 1 aliphatic heterocycles. The molecule has 0 radical (unpaired) electrons. The van der Waals surface area contributed by atoms with E-state index in [0.29, 0.717) is 10.6 Å². The Labute approximate surface area is 186 Å². The van der Waals surface area contributed by atoms with Crippen LogP contribution in [0.5, 0.6) is 0 Å². The fraction of sp³-hybridized carbons (Fsp3) is 0.200. The van der Waals surface area contributed by atoms with Crippen LogP contribution in [0.4, 0.5) is 0 Å². The van der Waals surface area contributed by atoms with E-state index < -0.39 is 0 Å². The number of nitriles is 1. The van der Waals surface area contributed by atoms with Crippen molar-refractivity contribution in [3.05, 3.63) is 83.1 Å². The van der Waals surface area contributed by atoms with Crippen molar-refractivity contribution >= 4 is 17.2 Å². The summed E-state index contributed by atoms with van der Waals surface area (Å²) in [6, 6.07) is 21.8. The van der Waals surface area contributed by atoms with Gasteiger partial charge in [0.05, 0.1) is 36.2 Å². The van der Waals surface area contributed by atoms with Crippen LogP contribution < -0.4 is 0 Å². The molecular formula is C25H21ClN4O. The van der Waals surface area contributed by atoms with E-state index >= 15 is 0 Å². The van der Waals surface area contributed by atoms with E-state index in [1.54, 1.807) is 0 Å². The van der Waals surface area contributed by atoms with Gasteiger partial charge in [-0.3, -0.25) is 4.90 Å². The van der Waals surface area contributed by atoms with Crippen molar-refractivity contribution in [1.82, 2.24) is 14.3 Å². The number of rotatable bonds is 4. The maximum Gasteiger partial charge on any atom is 0.137 e. The maximum absolute atomic E-state index is 9.08. The number of ether oxygens (including phenoxy) is 1. The summed E-state index contributed by atoms with van der Waals surface area (Å²) in [5.74, 6) is 0. The lowest BCUT2D eigenvalue weighted by molar-refractivity contribution is 0.0336. The molecule has 0 saturated carbocycles.